The summed E-state index contributed by atoms with van der Waals surface area (Å²) in [6.07, 6.45) is 5.27. The molecule has 22 nitrogen and oxygen atoms in total. The highest BCUT2D eigenvalue weighted by atomic mass is 32.2. The molecular formula is C50H64N12O10S. The highest BCUT2D eigenvalue weighted by molar-refractivity contribution is 7.87. The minimum Gasteiger partial charge on any atom is -0.492 e. The molecule has 4 bridgehead atoms. The minimum absolute atomic E-state index is 0.0426. The summed E-state index contributed by atoms with van der Waals surface area (Å²) in [4.78, 5) is 81.6. The molecule has 6 rings (SSSR count). The van der Waals surface area contributed by atoms with Gasteiger partial charge in [-0.3, -0.25) is 24.0 Å². The quantitative estimate of drug-likeness (QED) is 0.0617. The fraction of sp³-hybridized carbons (Fsp3) is 0.440. The van der Waals surface area contributed by atoms with E-state index in [9.17, 15) is 37.7 Å². The predicted octanol–water partition coefficient (Wildman–Crippen LogP) is 1.48. The second kappa shape index (κ2) is 25.4. The van der Waals surface area contributed by atoms with Crippen LogP contribution in [0.2, 0.25) is 0 Å². The van der Waals surface area contributed by atoms with E-state index in [4.69, 9.17) is 30.8 Å². The molecule has 0 saturated heterocycles. The van der Waals surface area contributed by atoms with E-state index in [0.717, 1.165) is 36.3 Å². The molecule has 3 aromatic carbocycles. The molecule has 1 saturated carbocycles. The van der Waals surface area contributed by atoms with Crippen molar-refractivity contribution < 1.29 is 46.6 Å². The van der Waals surface area contributed by atoms with Crippen LogP contribution in [0, 0.1) is 25.2 Å². The Labute approximate surface area is 424 Å². The lowest BCUT2D eigenvalue weighted by Crippen LogP contribution is -2.56. The number of hydrogen-bond donors (Lipinski definition) is 8. The number of rotatable bonds is 19. The lowest BCUT2D eigenvalue weighted by molar-refractivity contribution is -0.141. The molecule has 0 spiro atoms. The van der Waals surface area contributed by atoms with Gasteiger partial charge in [0.2, 0.25) is 23.6 Å². The summed E-state index contributed by atoms with van der Waals surface area (Å²) in [6.45, 7) is 4.38. The van der Waals surface area contributed by atoms with Crippen molar-refractivity contribution in [2.75, 3.05) is 46.4 Å². The molecule has 11 N–H and O–H groups in total. The van der Waals surface area contributed by atoms with Crippen molar-refractivity contribution in [2.45, 2.75) is 96.0 Å². The standard InChI is InChI=1S/C50H64N12O10S/c1-29-43(30(2)58-45(57-29)33-11-14-36(15-12-33)72-35-8-6-5-7-9-35)48(65)60-39(18-22-56-73(54,68)69)50(67)62(4)44-34-13-17-42(71-25-21-53)38(28-34)37-26-32(10-16-41(37)70-24-20-52)27-40(47(64)55-23-19-51)61-46(63)31(3)59-49(44)66/h10-17,26,28,31,35,39-40,44,56H,5-9,18,20-25,27,52-53H2,1-4H3,(H,55,64)(H,59,66)(H,60,65)(H,61,63)(H2,54,68,69)/t31-,39-,40-,44-/m0/s1. The van der Waals surface area contributed by atoms with E-state index in [0.29, 0.717) is 39.6 Å². The molecule has 5 amide bonds. The molecule has 1 aliphatic carbocycles. The summed E-state index contributed by atoms with van der Waals surface area (Å²) in [7, 11) is -2.94. The lowest BCUT2D eigenvalue weighted by atomic mass is 9.93. The largest absolute Gasteiger partial charge is 0.492 e. The fourth-order valence-electron chi connectivity index (χ4n) is 8.77. The molecular weight excluding hydrogens is 961 g/mol. The van der Waals surface area contributed by atoms with Crippen molar-refractivity contribution in [2.24, 2.45) is 16.6 Å². The number of amides is 5. The number of carbonyl (C=O) groups is 5. The van der Waals surface area contributed by atoms with Gasteiger partial charge in [-0.15, -0.1) is 0 Å². The maximum Gasteiger partial charge on any atom is 0.274 e. The molecule has 1 aliphatic heterocycles. The summed E-state index contributed by atoms with van der Waals surface area (Å²) in [5.74, 6) is -2.15. The van der Waals surface area contributed by atoms with Crippen LogP contribution in [-0.2, 0) is 35.8 Å². The molecule has 2 heterocycles. The van der Waals surface area contributed by atoms with E-state index in [1.54, 1.807) is 50.2 Å². The monoisotopic (exact) mass is 1020 g/mol. The van der Waals surface area contributed by atoms with Gasteiger partial charge in [-0.05, 0) is 113 Å². The number of nitrogens with zero attached hydrogens (tertiary/aromatic N) is 4. The summed E-state index contributed by atoms with van der Waals surface area (Å²) in [5, 5.41) is 25.0. The van der Waals surface area contributed by atoms with E-state index in [-0.39, 0.29) is 74.3 Å². The van der Waals surface area contributed by atoms with Crippen molar-refractivity contribution in [3.63, 3.8) is 0 Å². The number of benzene rings is 3. The highest BCUT2D eigenvalue weighted by Crippen LogP contribution is 2.40. The Morgan fingerprint density at radius 2 is 1.52 bits per heavy atom. The Bertz CT molecular complexity index is 2780. The van der Waals surface area contributed by atoms with E-state index in [1.165, 1.54) is 20.4 Å². The number of aromatic nitrogens is 2. The van der Waals surface area contributed by atoms with E-state index >= 15 is 0 Å². The summed E-state index contributed by atoms with van der Waals surface area (Å²) in [5.41, 5.74) is 14.6. The van der Waals surface area contributed by atoms with Crippen LogP contribution in [0.25, 0.3) is 22.5 Å². The van der Waals surface area contributed by atoms with Gasteiger partial charge in [0.15, 0.2) is 5.82 Å². The van der Waals surface area contributed by atoms with Crippen molar-refractivity contribution in [3.05, 3.63) is 88.7 Å². The molecule has 0 radical (unpaired) electrons. The first-order valence-corrected chi connectivity index (χ1v) is 25.6. The van der Waals surface area contributed by atoms with Crippen LogP contribution in [0.4, 0.5) is 0 Å². The smallest absolute Gasteiger partial charge is 0.274 e. The summed E-state index contributed by atoms with van der Waals surface area (Å²) >= 11 is 0. The first-order valence-electron chi connectivity index (χ1n) is 24.1. The molecule has 73 heavy (non-hydrogen) atoms. The molecule has 23 heteroatoms. The third-order valence-corrected chi connectivity index (χ3v) is 13.0. The van der Waals surface area contributed by atoms with Crippen LogP contribution in [0.1, 0.15) is 84.4 Å². The van der Waals surface area contributed by atoms with Gasteiger partial charge in [0.25, 0.3) is 16.1 Å². The third-order valence-electron chi connectivity index (χ3n) is 12.4. The van der Waals surface area contributed by atoms with Gasteiger partial charge in [0.1, 0.15) is 61.2 Å². The third kappa shape index (κ3) is 14.7. The first-order chi connectivity index (χ1) is 34.9. The molecule has 390 valence electrons. The number of nitriles is 1. The number of carbonyl (C=O) groups excluding carboxylic acids is 5. The van der Waals surface area contributed by atoms with E-state index in [2.05, 4.69) is 36.0 Å². The predicted molar refractivity (Wildman–Crippen MR) is 270 cm³/mol. The topological polar surface area (TPSA) is 338 Å². The van der Waals surface area contributed by atoms with E-state index < -0.39 is 70.5 Å². The number of nitrogens with two attached hydrogens (primary N) is 3. The zero-order chi connectivity index (χ0) is 52.8. The average molecular weight is 1030 g/mol. The van der Waals surface area contributed by atoms with Gasteiger partial charge in [0, 0.05) is 49.8 Å². The van der Waals surface area contributed by atoms with Crippen molar-refractivity contribution >= 4 is 39.7 Å². The number of nitrogens with one attached hydrogen (secondary N) is 5. The number of likely N-dealkylation sites (N-methyl/N-ethyl adjacent to an activating group) is 1. The van der Waals surface area contributed by atoms with Crippen molar-refractivity contribution in [1.29, 1.82) is 5.26 Å². The summed E-state index contributed by atoms with van der Waals surface area (Å²) in [6, 6.07) is 13.5. The number of hydrogen-bond acceptors (Lipinski definition) is 15. The molecule has 1 aromatic heterocycles. The van der Waals surface area contributed by atoms with Crippen LogP contribution >= 0.6 is 0 Å². The van der Waals surface area contributed by atoms with Gasteiger partial charge >= 0.3 is 0 Å². The maximum atomic E-state index is 15.0. The average Bonchev–Trinajstić information content (AvgIpc) is 3.36. The molecule has 1 fully saturated rings. The SMILES string of the molecule is Cc1nc(-c2ccc(OC3CCCCC3)cc2)nc(C)c1C(=O)N[C@@H](CCNS(N)(=O)=O)C(=O)N(C)[C@@H]1C(=O)N[C@@H](C)C(=O)N[C@H](C(=O)NCC#N)Cc2ccc(OCCN)c(c2)-c2cc1ccc2OCCN. The molecule has 2 aliphatic rings. The van der Waals surface area contributed by atoms with Crippen LogP contribution in [0.3, 0.4) is 0 Å². The Balaban J connectivity index is 1.38. The zero-order valence-corrected chi connectivity index (χ0v) is 42.2. The van der Waals surface area contributed by atoms with Gasteiger partial charge in [-0.25, -0.2) is 19.8 Å². The lowest BCUT2D eigenvalue weighted by Gasteiger charge is -2.33. The normalized spacial score (nSPS) is 17.6. The Hall–Kier alpha value is -7.23. The Morgan fingerprint density at radius 3 is 2.14 bits per heavy atom. The van der Waals surface area contributed by atoms with Gasteiger partial charge in [0.05, 0.1) is 29.1 Å². The Kier molecular flexibility index (Phi) is 19.2. The minimum atomic E-state index is -4.26. The molecule has 0 unspecified atom stereocenters. The fourth-order valence-corrected chi connectivity index (χ4v) is 9.17. The Morgan fingerprint density at radius 1 is 0.890 bits per heavy atom. The van der Waals surface area contributed by atoms with Gasteiger partial charge in [-0.2, -0.15) is 13.7 Å². The molecule has 4 aromatic rings. The first kappa shape index (κ1) is 55.1. The van der Waals surface area contributed by atoms with Crippen molar-refractivity contribution in [3.8, 4) is 45.8 Å². The number of fused-ring (bicyclic) bond motifs is 5. The maximum absolute atomic E-state index is 15.0. The number of aryl methyl sites for hydroxylation is 2. The van der Waals surface area contributed by atoms with Crippen LogP contribution < -0.4 is 56.8 Å². The summed E-state index contributed by atoms with van der Waals surface area (Å²) < 4.78 is 44.6. The second-order valence-electron chi connectivity index (χ2n) is 17.8. The van der Waals surface area contributed by atoms with Gasteiger partial charge in [-0.1, -0.05) is 18.6 Å². The van der Waals surface area contributed by atoms with Crippen LogP contribution in [0.5, 0.6) is 17.2 Å². The van der Waals surface area contributed by atoms with Crippen molar-refractivity contribution in [1.82, 2.24) is 40.9 Å². The van der Waals surface area contributed by atoms with Crippen LogP contribution in [0.15, 0.2) is 60.7 Å². The highest BCUT2D eigenvalue weighted by Gasteiger charge is 2.37. The molecule has 4 atom stereocenters. The van der Waals surface area contributed by atoms with Crippen LogP contribution in [-0.4, -0.2) is 123 Å². The second-order valence-corrected chi connectivity index (χ2v) is 19.2. The zero-order valence-electron chi connectivity index (χ0n) is 41.4. The van der Waals surface area contributed by atoms with Gasteiger partial charge < -0.3 is 51.8 Å². The van der Waals surface area contributed by atoms with E-state index in [1.807, 2.05) is 30.3 Å². The number of ether oxygens (including phenoxy) is 3.